The molecule has 150 valence electrons. The van der Waals surface area contributed by atoms with Gasteiger partial charge in [0, 0.05) is 22.9 Å². The molecular weight excluding hydrogens is 410 g/mol. The van der Waals surface area contributed by atoms with Crippen molar-refractivity contribution in [2.75, 3.05) is 7.11 Å². The highest BCUT2D eigenvalue weighted by atomic mass is 35.5. The average Bonchev–Trinajstić information content (AvgIpc) is 3.38. The van der Waals surface area contributed by atoms with Crippen LogP contribution in [0.3, 0.4) is 0 Å². The van der Waals surface area contributed by atoms with Crippen molar-refractivity contribution in [2.45, 2.75) is 32.0 Å². The molecule has 3 aromatic rings. The van der Waals surface area contributed by atoms with Crippen molar-refractivity contribution in [1.29, 1.82) is 0 Å². The van der Waals surface area contributed by atoms with Crippen LogP contribution in [0.15, 0.2) is 48.1 Å². The van der Waals surface area contributed by atoms with Gasteiger partial charge in [0.1, 0.15) is 6.04 Å². The van der Waals surface area contributed by atoms with E-state index in [0.717, 1.165) is 21.8 Å². The zero-order valence-electron chi connectivity index (χ0n) is 15.9. The van der Waals surface area contributed by atoms with Crippen LogP contribution in [0.2, 0.25) is 5.02 Å². The van der Waals surface area contributed by atoms with Gasteiger partial charge in [-0.05, 0) is 29.1 Å². The molecule has 0 bridgehead atoms. The van der Waals surface area contributed by atoms with Gasteiger partial charge in [0.05, 0.1) is 37.8 Å². The molecule has 0 unspecified atom stereocenters. The number of aromatic nitrogens is 2. The summed E-state index contributed by atoms with van der Waals surface area (Å²) in [4.78, 5) is 32.5. The van der Waals surface area contributed by atoms with Crippen molar-refractivity contribution in [3.63, 3.8) is 0 Å². The van der Waals surface area contributed by atoms with Crippen LogP contribution in [0.25, 0.3) is 0 Å². The second-order valence-electron chi connectivity index (χ2n) is 6.91. The summed E-state index contributed by atoms with van der Waals surface area (Å²) in [6, 6.07) is 10.8. The Hall–Kier alpha value is -2.64. The zero-order chi connectivity index (χ0) is 20.4. The lowest BCUT2D eigenvalue weighted by atomic mass is 10.0. The minimum atomic E-state index is -0.654. The molecule has 8 heteroatoms. The lowest BCUT2D eigenvalue weighted by molar-refractivity contribution is -0.153. The SMILES string of the molecule is COC(=O)[C@H]1Cc2ncn(Cc3ccc(Cl)cc3)c2CN1C(=O)Cc1cccs1. The molecule has 29 heavy (non-hydrogen) atoms. The summed E-state index contributed by atoms with van der Waals surface area (Å²) in [5.74, 6) is -0.504. The van der Waals surface area contributed by atoms with Crippen LogP contribution in [0.5, 0.6) is 0 Å². The van der Waals surface area contributed by atoms with Gasteiger partial charge in [-0.1, -0.05) is 29.8 Å². The van der Waals surface area contributed by atoms with Crippen molar-refractivity contribution in [1.82, 2.24) is 14.5 Å². The van der Waals surface area contributed by atoms with Gasteiger partial charge >= 0.3 is 5.97 Å². The van der Waals surface area contributed by atoms with Crippen LogP contribution in [-0.2, 0) is 40.3 Å². The van der Waals surface area contributed by atoms with E-state index in [1.54, 1.807) is 11.2 Å². The van der Waals surface area contributed by atoms with Crippen molar-refractivity contribution in [3.05, 3.63) is 75.0 Å². The molecule has 0 aliphatic carbocycles. The van der Waals surface area contributed by atoms with Gasteiger partial charge in [0.25, 0.3) is 0 Å². The van der Waals surface area contributed by atoms with Crippen molar-refractivity contribution < 1.29 is 14.3 Å². The normalized spacial score (nSPS) is 15.8. The third-order valence-corrected chi connectivity index (χ3v) is 6.21. The van der Waals surface area contributed by atoms with Crippen molar-refractivity contribution in [3.8, 4) is 0 Å². The first kappa shape index (κ1) is 19.7. The molecule has 2 aromatic heterocycles. The maximum atomic E-state index is 13.0. The molecule has 1 aromatic carbocycles. The lowest BCUT2D eigenvalue weighted by Crippen LogP contribution is -2.50. The third kappa shape index (κ3) is 4.21. The molecule has 1 amide bonds. The summed E-state index contributed by atoms with van der Waals surface area (Å²) in [7, 11) is 1.35. The molecule has 3 heterocycles. The second-order valence-corrected chi connectivity index (χ2v) is 8.38. The van der Waals surface area contributed by atoms with Crippen LogP contribution >= 0.6 is 22.9 Å². The van der Waals surface area contributed by atoms with Crippen molar-refractivity contribution >= 4 is 34.8 Å². The smallest absolute Gasteiger partial charge is 0.329 e. The quantitative estimate of drug-likeness (QED) is 0.583. The number of ether oxygens (including phenoxy) is 1. The monoisotopic (exact) mass is 429 g/mol. The Morgan fingerprint density at radius 3 is 2.76 bits per heavy atom. The van der Waals surface area contributed by atoms with Gasteiger partial charge in [-0.2, -0.15) is 0 Å². The molecule has 0 fully saturated rings. The van der Waals surface area contributed by atoms with E-state index in [2.05, 4.69) is 4.98 Å². The number of halogens is 1. The lowest BCUT2D eigenvalue weighted by Gasteiger charge is -2.34. The van der Waals surface area contributed by atoms with Gasteiger partial charge in [0.15, 0.2) is 0 Å². The fourth-order valence-corrected chi connectivity index (χ4v) is 4.38. The largest absolute Gasteiger partial charge is 0.467 e. The number of thiophene rings is 1. The van der Waals surface area contributed by atoms with E-state index >= 15 is 0 Å². The number of methoxy groups -OCH3 is 1. The van der Waals surface area contributed by atoms with Crippen LogP contribution in [0.4, 0.5) is 0 Å². The Morgan fingerprint density at radius 1 is 1.28 bits per heavy atom. The summed E-state index contributed by atoms with van der Waals surface area (Å²) in [6.45, 7) is 0.947. The topological polar surface area (TPSA) is 64.4 Å². The predicted molar refractivity (Wildman–Crippen MR) is 111 cm³/mol. The van der Waals surface area contributed by atoms with Crippen LogP contribution in [0.1, 0.15) is 21.8 Å². The molecule has 0 radical (unpaired) electrons. The Morgan fingerprint density at radius 2 is 2.07 bits per heavy atom. The Bertz CT molecular complexity index is 1010. The fraction of sp³-hybridized carbons (Fsp3) is 0.286. The van der Waals surface area contributed by atoms with E-state index in [-0.39, 0.29) is 12.3 Å². The summed E-state index contributed by atoms with van der Waals surface area (Å²) in [6.07, 6.45) is 2.39. The van der Waals surface area contributed by atoms with Crippen LogP contribution in [-0.4, -0.2) is 39.5 Å². The number of carbonyl (C=O) groups is 2. The summed E-state index contributed by atoms with van der Waals surface area (Å²) < 4.78 is 6.98. The molecule has 4 rings (SSSR count). The van der Waals surface area contributed by atoms with Crippen molar-refractivity contribution in [2.24, 2.45) is 0 Å². The van der Waals surface area contributed by atoms with Crippen LogP contribution < -0.4 is 0 Å². The molecule has 1 aliphatic heterocycles. The first-order valence-corrected chi connectivity index (χ1v) is 10.5. The number of fused-ring (bicyclic) bond motifs is 1. The van der Waals surface area contributed by atoms with E-state index in [1.807, 2.05) is 46.3 Å². The first-order chi connectivity index (χ1) is 14.0. The zero-order valence-corrected chi connectivity index (χ0v) is 17.4. The standard InChI is InChI=1S/C21H20ClN3O3S/c1-28-21(27)18-10-17-19(12-25(18)20(26)9-16-3-2-8-29-16)24(13-23-17)11-14-4-6-15(22)7-5-14/h2-8,13,18H,9-12H2,1H3/t18-/m1/s1. The highest BCUT2D eigenvalue weighted by molar-refractivity contribution is 7.10. The number of hydrogen-bond donors (Lipinski definition) is 0. The minimum absolute atomic E-state index is 0.0901. The molecule has 0 N–H and O–H groups in total. The maximum absolute atomic E-state index is 13.0. The Balaban J connectivity index is 1.60. The summed E-state index contributed by atoms with van der Waals surface area (Å²) in [5.41, 5.74) is 2.86. The van der Waals surface area contributed by atoms with E-state index in [4.69, 9.17) is 16.3 Å². The maximum Gasteiger partial charge on any atom is 0.329 e. The van der Waals surface area contributed by atoms with Gasteiger partial charge in [-0.25, -0.2) is 9.78 Å². The number of hydrogen-bond acceptors (Lipinski definition) is 5. The number of imidazole rings is 1. The third-order valence-electron chi connectivity index (χ3n) is 5.08. The number of esters is 1. The molecule has 1 aliphatic rings. The highest BCUT2D eigenvalue weighted by Gasteiger charge is 2.37. The van der Waals surface area contributed by atoms with E-state index in [9.17, 15) is 9.59 Å². The van der Waals surface area contributed by atoms with E-state index < -0.39 is 12.0 Å². The minimum Gasteiger partial charge on any atom is -0.467 e. The average molecular weight is 430 g/mol. The predicted octanol–water partition coefficient (Wildman–Crippen LogP) is 3.32. The van der Waals surface area contributed by atoms with Gasteiger partial charge in [-0.3, -0.25) is 4.79 Å². The number of benzene rings is 1. The molecule has 0 saturated heterocycles. The Kier molecular flexibility index (Phi) is 5.69. The van der Waals surface area contributed by atoms with E-state index in [1.165, 1.54) is 18.4 Å². The van der Waals surface area contributed by atoms with Gasteiger partial charge in [-0.15, -0.1) is 11.3 Å². The number of rotatable bonds is 5. The Labute approximate surface area is 177 Å². The van der Waals surface area contributed by atoms with Gasteiger partial charge in [0.2, 0.25) is 5.91 Å². The summed E-state index contributed by atoms with van der Waals surface area (Å²) >= 11 is 7.51. The first-order valence-electron chi connectivity index (χ1n) is 9.22. The number of carbonyl (C=O) groups excluding carboxylic acids is 2. The molecule has 0 saturated carbocycles. The fourth-order valence-electron chi connectivity index (χ4n) is 3.56. The molecule has 0 spiro atoms. The molecule has 6 nitrogen and oxygen atoms in total. The van der Waals surface area contributed by atoms with Gasteiger partial charge < -0.3 is 14.2 Å². The number of nitrogens with zero attached hydrogens (tertiary/aromatic N) is 3. The molecular formula is C21H20ClN3O3S. The summed E-state index contributed by atoms with van der Waals surface area (Å²) in [5, 5.41) is 2.63. The number of amides is 1. The van der Waals surface area contributed by atoms with Crippen LogP contribution in [0, 0.1) is 0 Å². The van der Waals surface area contributed by atoms with E-state index in [0.29, 0.717) is 24.5 Å². The molecule has 1 atom stereocenters. The second kappa shape index (κ2) is 8.39. The highest BCUT2D eigenvalue weighted by Crippen LogP contribution is 2.26.